The Morgan fingerprint density at radius 3 is 2.47 bits per heavy atom. The predicted molar refractivity (Wildman–Crippen MR) is 70.5 cm³/mol. The van der Waals surface area contributed by atoms with Crippen LogP contribution in [-0.4, -0.2) is 19.7 Å². The molecular weight excluding hydrogens is 322 g/mol. The summed E-state index contributed by atoms with van der Waals surface area (Å²) in [6.07, 6.45) is 1.15. The Kier molecular flexibility index (Phi) is 6.29. The van der Waals surface area contributed by atoms with Crippen LogP contribution in [0.2, 0.25) is 0 Å². The van der Waals surface area contributed by atoms with Gasteiger partial charge in [-0.05, 0) is 57.0 Å². The molecule has 0 heterocycles. The zero-order valence-corrected chi connectivity index (χ0v) is 11.9. The van der Waals surface area contributed by atoms with Crippen LogP contribution in [0.3, 0.4) is 0 Å². The van der Waals surface area contributed by atoms with Gasteiger partial charge in [-0.2, -0.15) is 0 Å². The van der Waals surface area contributed by atoms with Crippen molar-refractivity contribution >= 4 is 31.9 Å². The Balaban J connectivity index is 2.37. The van der Waals surface area contributed by atoms with Crippen LogP contribution in [0.15, 0.2) is 27.1 Å². The summed E-state index contributed by atoms with van der Waals surface area (Å²) in [5.74, 6) is 0.871. The molecule has 1 rings (SSSR count). The Hall–Kier alpha value is -0.0600. The summed E-state index contributed by atoms with van der Waals surface area (Å²) in [4.78, 5) is 0. The maximum absolute atomic E-state index is 5.66. The van der Waals surface area contributed by atoms with Gasteiger partial charge in [0.05, 0.1) is 8.95 Å². The molecule has 0 saturated carbocycles. The third-order valence-corrected chi connectivity index (χ3v) is 3.12. The lowest BCUT2D eigenvalue weighted by Crippen LogP contribution is -2.21. The summed E-state index contributed by atoms with van der Waals surface area (Å²) >= 11 is 6.91. The molecule has 0 aliphatic rings. The average Bonchev–Trinajstić information content (AvgIpc) is 2.21. The van der Waals surface area contributed by atoms with Crippen molar-refractivity contribution in [1.82, 2.24) is 5.32 Å². The minimum atomic E-state index is 0.682. The highest BCUT2D eigenvalue weighted by Crippen LogP contribution is 2.32. The summed E-state index contributed by atoms with van der Waals surface area (Å²) in [7, 11) is 0. The van der Waals surface area contributed by atoms with E-state index in [0.29, 0.717) is 6.61 Å². The molecule has 0 saturated heterocycles. The Morgan fingerprint density at radius 2 is 1.87 bits per heavy atom. The molecule has 0 aliphatic carbocycles. The van der Waals surface area contributed by atoms with Gasteiger partial charge in [0.15, 0.2) is 0 Å². The molecule has 15 heavy (non-hydrogen) atoms. The van der Waals surface area contributed by atoms with Crippen LogP contribution in [0.1, 0.15) is 13.3 Å². The Morgan fingerprint density at radius 1 is 1.20 bits per heavy atom. The number of hydrogen-bond donors (Lipinski definition) is 1. The van der Waals surface area contributed by atoms with Crippen molar-refractivity contribution < 1.29 is 4.74 Å². The predicted octanol–water partition coefficient (Wildman–Crippen LogP) is 3.59. The highest BCUT2D eigenvalue weighted by atomic mass is 79.9. The van der Waals surface area contributed by atoms with Gasteiger partial charge in [-0.25, -0.2) is 0 Å². The molecule has 4 heteroatoms. The largest absolute Gasteiger partial charge is 0.490 e. The van der Waals surface area contributed by atoms with E-state index in [-0.39, 0.29) is 0 Å². The summed E-state index contributed by atoms with van der Waals surface area (Å²) in [5, 5.41) is 3.29. The van der Waals surface area contributed by atoms with Crippen molar-refractivity contribution in [3.05, 3.63) is 27.1 Å². The van der Waals surface area contributed by atoms with E-state index in [1.54, 1.807) is 0 Å². The van der Waals surface area contributed by atoms with Gasteiger partial charge in [0, 0.05) is 6.54 Å². The molecule has 1 aromatic rings. The van der Waals surface area contributed by atoms with Crippen LogP contribution in [0, 0.1) is 0 Å². The first-order valence-corrected chi connectivity index (χ1v) is 6.61. The Labute approximate surface area is 108 Å². The first kappa shape index (κ1) is 13.0. The van der Waals surface area contributed by atoms with Crippen molar-refractivity contribution in [1.29, 1.82) is 0 Å². The highest BCUT2D eigenvalue weighted by Gasteiger charge is 2.04. The third-order valence-electron chi connectivity index (χ3n) is 1.87. The maximum Gasteiger partial charge on any atom is 0.147 e. The van der Waals surface area contributed by atoms with Gasteiger partial charge in [-0.1, -0.05) is 13.0 Å². The second-order valence-corrected chi connectivity index (χ2v) is 4.86. The molecule has 84 valence electrons. The second-order valence-electron chi connectivity index (χ2n) is 3.15. The van der Waals surface area contributed by atoms with Crippen LogP contribution in [0.25, 0.3) is 0 Å². The molecule has 0 aromatic heterocycles. The number of hydrogen-bond acceptors (Lipinski definition) is 2. The SMILES string of the molecule is CCCNCCOc1c(Br)cccc1Br. The number of para-hydroxylation sites is 1. The molecule has 1 N–H and O–H groups in total. The zero-order valence-electron chi connectivity index (χ0n) is 8.72. The minimum Gasteiger partial charge on any atom is -0.490 e. The van der Waals surface area contributed by atoms with Gasteiger partial charge in [-0.3, -0.25) is 0 Å². The Bertz CT molecular complexity index is 284. The zero-order chi connectivity index (χ0) is 11.1. The first-order valence-electron chi connectivity index (χ1n) is 5.03. The average molecular weight is 337 g/mol. The third kappa shape index (κ3) is 4.53. The molecule has 0 atom stereocenters. The summed E-state index contributed by atoms with van der Waals surface area (Å²) in [6, 6.07) is 5.91. The van der Waals surface area contributed by atoms with Gasteiger partial charge in [0.2, 0.25) is 0 Å². The van der Waals surface area contributed by atoms with Crippen molar-refractivity contribution in [2.75, 3.05) is 19.7 Å². The van der Waals surface area contributed by atoms with Crippen LogP contribution in [0.4, 0.5) is 0 Å². The van der Waals surface area contributed by atoms with E-state index in [2.05, 4.69) is 44.1 Å². The van der Waals surface area contributed by atoms with Gasteiger partial charge in [0.1, 0.15) is 12.4 Å². The normalized spacial score (nSPS) is 10.3. The van der Waals surface area contributed by atoms with Crippen LogP contribution >= 0.6 is 31.9 Å². The van der Waals surface area contributed by atoms with Crippen LogP contribution in [-0.2, 0) is 0 Å². The van der Waals surface area contributed by atoms with E-state index in [1.807, 2.05) is 18.2 Å². The smallest absolute Gasteiger partial charge is 0.147 e. The standard InChI is InChI=1S/C11H15Br2NO/c1-2-6-14-7-8-15-11-9(12)4-3-5-10(11)13/h3-5,14H,2,6-8H2,1H3. The number of rotatable bonds is 6. The lowest BCUT2D eigenvalue weighted by Gasteiger charge is -2.10. The molecule has 1 aromatic carbocycles. The fourth-order valence-corrected chi connectivity index (χ4v) is 2.37. The fourth-order valence-electron chi connectivity index (χ4n) is 1.15. The second kappa shape index (κ2) is 7.25. The molecular formula is C11H15Br2NO. The summed E-state index contributed by atoms with van der Waals surface area (Å²) < 4.78 is 7.62. The molecule has 0 amide bonds. The summed E-state index contributed by atoms with van der Waals surface area (Å²) in [5.41, 5.74) is 0. The van der Waals surface area contributed by atoms with Gasteiger partial charge in [0.25, 0.3) is 0 Å². The van der Waals surface area contributed by atoms with Crippen molar-refractivity contribution in [3.8, 4) is 5.75 Å². The first-order chi connectivity index (χ1) is 7.25. The van der Waals surface area contributed by atoms with E-state index in [9.17, 15) is 0 Å². The lowest BCUT2D eigenvalue weighted by atomic mass is 10.3. The topological polar surface area (TPSA) is 21.3 Å². The molecule has 0 fully saturated rings. The van der Waals surface area contributed by atoms with Crippen molar-refractivity contribution in [2.24, 2.45) is 0 Å². The van der Waals surface area contributed by atoms with Crippen LogP contribution < -0.4 is 10.1 Å². The van der Waals surface area contributed by atoms with Gasteiger partial charge >= 0.3 is 0 Å². The number of halogens is 2. The quantitative estimate of drug-likeness (QED) is 0.801. The molecule has 2 nitrogen and oxygen atoms in total. The van der Waals surface area contributed by atoms with Crippen molar-refractivity contribution in [3.63, 3.8) is 0 Å². The van der Waals surface area contributed by atoms with Crippen molar-refractivity contribution in [2.45, 2.75) is 13.3 Å². The molecule has 0 aliphatic heterocycles. The van der Waals surface area contributed by atoms with E-state index in [0.717, 1.165) is 34.2 Å². The summed E-state index contributed by atoms with van der Waals surface area (Å²) in [6.45, 7) is 4.75. The van der Waals surface area contributed by atoms with E-state index in [1.165, 1.54) is 0 Å². The lowest BCUT2D eigenvalue weighted by molar-refractivity contribution is 0.310. The van der Waals surface area contributed by atoms with Gasteiger partial charge < -0.3 is 10.1 Å². The number of nitrogens with one attached hydrogen (secondary N) is 1. The monoisotopic (exact) mass is 335 g/mol. The molecule has 0 bridgehead atoms. The maximum atomic E-state index is 5.66. The van der Waals surface area contributed by atoms with E-state index >= 15 is 0 Å². The molecule has 0 radical (unpaired) electrons. The number of ether oxygens (including phenoxy) is 1. The van der Waals surface area contributed by atoms with E-state index < -0.39 is 0 Å². The molecule has 0 spiro atoms. The minimum absolute atomic E-state index is 0.682. The highest BCUT2D eigenvalue weighted by molar-refractivity contribution is 9.11. The van der Waals surface area contributed by atoms with Gasteiger partial charge in [-0.15, -0.1) is 0 Å². The molecule has 0 unspecified atom stereocenters. The van der Waals surface area contributed by atoms with Crippen LogP contribution in [0.5, 0.6) is 5.75 Å². The fraction of sp³-hybridized carbons (Fsp3) is 0.455. The number of benzene rings is 1. The van der Waals surface area contributed by atoms with E-state index in [4.69, 9.17) is 4.74 Å².